The minimum atomic E-state index is -0.585. The van der Waals surface area contributed by atoms with E-state index in [9.17, 15) is 9.90 Å². The van der Waals surface area contributed by atoms with E-state index in [1.54, 1.807) is 24.3 Å². The van der Waals surface area contributed by atoms with Crippen LogP contribution in [0.2, 0.25) is 5.02 Å². The van der Waals surface area contributed by atoms with E-state index in [0.29, 0.717) is 21.7 Å². The van der Waals surface area contributed by atoms with Crippen LogP contribution in [0, 0.1) is 26.2 Å². The van der Waals surface area contributed by atoms with Crippen LogP contribution in [0.4, 0.5) is 5.69 Å². The van der Waals surface area contributed by atoms with Crippen molar-refractivity contribution in [1.29, 1.82) is 0 Å². The number of terminal acetylenes is 1. The number of halogens is 1. The summed E-state index contributed by atoms with van der Waals surface area (Å²) in [5.74, 6) is 2.28. The van der Waals surface area contributed by atoms with Crippen molar-refractivity contribution in [2.24, 2.45) is 10.2 Å². The third-order valence-corrected chi connectivity index (χ3v) is 4.80. The van der Waals surface area contributed by atoms with Gasteiger partial charge >= 0.3 is 5.91 Å². The summed E-state index contributed by atoms with van der Waals surface area (Å²) in [6.07, 6.45) is 5.36. The SMILES string of the molecule is C#CCn1c(O)c(N=NC(=O)COc2cc(C)c(Cl)c(C)c2)c2ccccc21. The summed E-state index contributed by atoms with van der Waals surface area (Å²) in [4.78, 5) is 12.1. The first-order valence-electron chi connectivity index (χ1n) is 8.50. The Kier molecular flexibility index (Phi) is 5.67. The molecule has 7 heteroatoms. The fourth-order valence-electron chi connectivity index (χ4n) is 2.89. The van der Waals surface area contributed by atoms with E-state index in [1.165, 1.54) is 4.57 Å². The van der Waals surface area contributed by atoms with Crippen LogP contribution in [0.1, 0.15) is 11.1 Å². The third-order valence-electron chi connectivity index (χ3n) is 4.20. The monoisotopic (exact) mass is 395 g/mol. The fourth-order valence-corrected chi connectivity index (χ4v) is 3.00. The molecule has 1 aromatic heterocycles. The molecule has 3 rings (SSSR count). The molecule has 0 saturated heterocycles. The van der Waals surface area contributed by atoms with Gasteiger partial charge in [-0.25, -0.2) is 0 Å². The molecule has 0 aliphatic rings. The number of carbonyl (C=O) groups excluding carboxylic acids is 1. The summed E-state index contributed by atoms with van der Waals surface area (Å²) in [7, 11) is 0. The standard InChI is InChI=1S/C21H18ClN3O3/c1-4-9-25-17-8-6-5-7-16(17)20(21(25)27)24-23-18(26)12-28-15-10-13(2)19(22)14(3)11-15/h1,5-8,10-11,27H,9,12H2,2-3H3. The molecule has 0 spiro atoms. The second kappa shape index (κ2) is 8.15. The number of aromatic hydroxyl groups is 1. The average Bonchev–Trinajstić information content (AvgIpc) is 2.94. The lowest BCUT2D eigenvalue weighted by atomic mass is 10.1. The van der Waals surface area contributed by atoms with Crippen molar-refractivity contribution < 1.29 is 14.6 Å². The Labute approximate surface area is 167 Å². The lowest BCUT2D eigenvalue weighted by Crippen LogP contribution is -2.08. The van der Waals surface area contributed by atoms with E-state index in [4.69, 9.17) is 22.8 Å². The first-order chi connectivity index (χ1) is 13.4. The summed E-state index contributed by atoms with van der Waals surface area (Å²) < 4.78 is 7.01. The third kappa shape index (κ3) is 3.85. The van der Waals surface area contributed by atoms with Crippen LogP contribution in [0.25, 0.3) is 10.9 Å². The van der Waals surface area contributed by atoms with E-state index >= 15 is 0 Å². The lowest BCUT2D eigenvalue weighted by Gasteiger charge is -2.08. The topological polar surface area (TPSA) is 76.2 Å². The number of hydrogen-bond acceptors (Lipinski definition) is 4. The van der Waals surface area contributed by atoms with Crippen LogP contribution < -0.4 is 4.74 Å². The molecule has 1 amide bonds. The Morgan fingerprint density at radius 3 is 2.64 bits per heavy atom. The maximum atomic E-state index is 12.1. The largest absolute Gasteiger partial charge is 0.493 e. The molecule has 0 aliphatic carbocycles. The van der Waals surface area contributed by atoms with Gasteiger partial charge in [-0.05, 0) is 43.2 Å². The van der Waals surface area contributed by atoms with Gasteiger partial charge in [-0.3, -0.25) is 9.36 Å². The van der Waals surface area contributed by atoms with E-state index in [-0.39, 0.29) is 24.7 Å². The van der Waals surface area contributed by atoms with Gasteiger partial charge in [0.15, 0.2) is 12.3 Å². The highest BCUT2D eigenvalue weighted by atomic mass is 35.5. The van der Waals surface area contributed by atoms with Gasteiger partial charge in [0.2, 0.25) is 5.88 Å². The highest BCUT2D eigenvalue weighted by Gasteiger charge is 2.16. The summed E-state index contributed by atoms with van der Waals surface area (Å²) in [5.41, 5.74) is 2.62. The van der Waals surface area contributed by atoms with Crippen molar-refractivity contribution in [3.8, 4) is 24.0 Å². The fraction of sp³-hybridized carbons (Fsp3) is 0.190. The highest BCUT2D eigenvalue weighted by Crippen LogP contribution is 2.38. The van der Waals surface area contributed by atoms with Gasteiger partial charge in [0.25, 0.3) is 0 Å². The molecule has 3 aromatic rings. The molecule has 1 N–H and O–H groups in total. The predicted molar refractivity (Wildman–Crippen MR) is 108 cm³/mol. The van der Waals surface area contributed by atoms with Crippen molar-refractivity contribution in [3.05, 3.63) is 52.5 Å². The molecule has 0 aliphatic heterocycles. The van der Waals surface area contributed by atoms with Crippen LogP contribution in [0.3, 0.4) is 0 Å². The highest BCUT2D eigenvalue weighted by molar-refractivity contribution is 6.32. The predicted octanol–water partition coefficient (Wildman–Crippen LogP) is 4.94. The summed E-state index contributed by atoms with van der Waals surface area (Å²) in [6.45, 7) is 3.61. The summed E-state index contributed by atoms with van der Waals surface area (Å²) >= 11 is 6.12. The zero-order valence-electron chi connectivity index (χ0n) is 15.4. The van der Waals surface area contributed by atoms with Gasteiger partial charge in [0.05, 0.1) is 12.1 Å². The molecule has 0 bridgehead atoms. The molecule has 2 aromatic carbocycles. The first-order valence-corrected chi connectivity index (χ1v) is 8.88. The van der Waals surface area contributed by atoms with E-state index in [2.05, 4.69) is 16.1 Å². The second-order valence-electron chi connectivity index (χ2n) is 6.23. The van der Waals surface area contributed by atoms with Crippen molar-refractivity contribution in [2.45, 2.75) is 20.4 Å². The van der Waals surface area contributed by atoms with Gasteiger partial charge in [-0.2, -0.15) is 0 Å². The van der Waals surface area contributed by atoms with Crippen LogP contribution in [0.15, 0.2) is 46.6 Å². The van der Waals surface area contributed by atoms with E-state index in [1.807, 2.05) is 26.0 Å². The molecule has 28 heavy (non-hydrogen) atoms. The number of hydrogen-bond donors (Lipinski definition) is 1. The van der Waals surface area contributed by atoms with Gasteiger partial charge in [-0.1, -0.05) is 35.7 Å². The number of benzene rings is 2. The number of nitrogens with zero attached hydrogens (tertiary/aromatic N) is 3. The molecule has 0 unspecified atom stereocenters. The number of carbonyl (C=O) groups is 1. The van der Waals surface area contributed by atoms with Crippen molar-refractivity contribution in [3.63, 3.8) is 0 Å². The Balaban J connectivity index is 1.78. The molecule has 0 saturated carbocycles. The molecule has 0 atom stereocenters. The number of aryl methyl sites for hydroxylation is 2. The Hall–Kier alpha value is -3.30. The second-order valence-corrected chi connectivity index (χ2v) is 6.61. The van der Waals surface area contributed by atoms with Crippen molar-refractivity contribution in [2.75, 3.05) is 6.61 Å². The Bertz CT molecular complexity index is 1100. The Morgan fingerprint density at radius 1 is 1.29 bits per heavy atom. The van der Waals surface area contributed by atoms with Gasteiger partial charge in [-0.15, -0.1) is 16.7 Å². The van der Waals surface area contributed by atoms with Crippen LogP contribution in [-0.4, -0.2) is 22.2 Å². The number of aromatic nitrogens is 1. The Morgan fingerprint density at radius 2 is 1.96 bits per heavy atom. The molecule has 0 fully saturated rings. The van der Waals surface area contributed by atoms with Crippen LogP contribution in [0.5, 0.6) is 11.6 Å². The van der Waals surface area contributed by atoms with Crippen molar-refractivity contribution in [1.82, 2.24) is 4.57 Å². The van der Waals surface area contributed by atoms with Gasteiger partial charge < -0.3 is 9.84 Å². The molecular formula is C21H18ClN3O3. The number of rotatable bonds is 5. The minimum Gasteiger partial charge on any atom is -0.493 e. The number of fused-ring (bicyclic) bond motifs is 1. The molecule has 6 nitrogen and oxygen atoms in total. The smallest absolute Gasteiger partial charge is 0.302 e. The number of para-hydroxylation sites is 1. The number of ether oxygens (including phenoxy) is 1. The normalized spacial score (nSPS) is 11.1. The molecule has 0 radical (unpaired) electrons. The lowest BCUT2D eigenvalue weighted by molar-refractivity contribution is -0.120. The van der Waals surface area contributed by atoms with Gasteiger partial charge in [0, 0.05) is 10.4 Å². The maximum Gasteiger partial charge on any atom is 0.302 e. The maximum absolute atomic E-state index is 12.1. The summed E-state index contributed by atoms with van der Waals surface area (Å²) in [5, 5.41) is 19.3. The zero-order chi connectivity index (χ0) is 20.3. The minimum absolute atomic E-state index is 0.138. The van der Waals surface area contributed by atoms with Crippen molar-refractivity contribution >= 4 is 34.1 Å². The van der Waals surface area contributed by atoms with E-state index in [0.717, 1.165) is 11.1 Å². The van der Waals surface area contributed by atoms with E-state index < -0.39 is 5.91 Å². The quantitative estimate of drug-likeness (QED) is 0.491. The van der Waals surface area contributed by atoms with Gasteiger partial charge in [0.1, 0.15) is 5.75 Å². The first kappa shape index (κ1) is 19.5. The molecule has 142 valence electrons. The average molecular weight is 396 g/mol. The number of azo groups is 1. The number of amides is 1. The van der Waals surface area contributed by atoms with Crippen LogP contribution >= 0.6 is 11.6 Å². The summed E-state index contributed by atoms with van der Waals surface area (Å²) in [6, 6.07) is 10.7. The molecule has 1 heterocycles. The molecular weight excluding hydrogens is 378 g/mol. The zero-order valence-corrected chi connectivity index (χ0v) is 16.2. The van der Waals surface area contributed by atoms with Crippen LogP contribution in [-0.2, 0) is 11.3 Å².